The first-order valence-electron chi connectivity index (χ1n) is 6.43. The van der Waals surface area contributed by atoms with E-state index in [1.165, 1.54) is 0 Å². The van der Waals surface area contributed by atoms with Gasteiger partial charge in [0.2, 0.25) is 6.79 Å². The van der Waals surface area contributed by atoms with E-state index in [1.54, 1.807) is 18.2 Å². The molecule has 4 nitrogen and oxygen atoms in total. The molecule has 1 saturated heterocycles. The van der Waals surface area contributed by atoms with Crippen molar-refractivity contribution in [3.05, 3.63) is 23.8 Å². The van der Waals surface area contributed by atoms with Crippen LogP contribution in [0.5, 0.6) is 11.5 Å². The van der Waals surface area contributed by atoms with Crippen LogP contribution in [0.1, 0.15) is 23.2 Å². The number of hydrogen-bond donors (Lipinski definition) is 0. The lowest BCUT2D eigenvalue weighted by Crippen LogP contribution is -2.38. The van der Waals surface area contributed by atoms with Gasteiger partial charge in [-0.2, -0.15) is 0 Å². The molecule has 1 aromatic carbocycles. The summed E-state index contributed by atoms with van der Waals surface area (Å²) in [6, 6.07) is 5.31. The zero-order valence-corrected chi connectivity index (χ0v) is 10.6. The Morgan fingerprint density at radius 1 is 1.26 bits per heavy atom. The number of carbonyl (C=O) groups is 1. The molecule has 1 fully saturated rings. The van der Waals surface area contributed by atoms with Crippen LogP contribution in [0.4, 0.5) is 0 Å². The molecule has 0 radical (unpaired) electrons. The number of carbonyl (C=O) groups excluding carboxylic acids is 1. The maximum atomic E-state index is 12.4. The van der Waals surface area contributed by atoms with E-state index in [0.717, 1.165) is 25.9 Å². The summed E-state index contributed by atoms with van der Waals surface area (Å²) >= 11 is 0. The summed E-state index contributed by atoms with van der Waals surface area (Å²) < 4.78 is 10.5. The van der Waals surface area contributed by atoms with Gasteiger partial charge < -0.3 is 14.4 Å². The van der Waals surface area contributed by atoms with Crippen LogP contribution < -0.4 is 9.47 Å². The van der Waals surface area contributed by atoms with Crippen LogP contribution in [0.15, 0.2) is 18.2 Å². The Bertz CT molecular complexity index is 539. The lowest BCUT2D eigenvalue weighted by Gasteiger charge is -2.29. The number of hydrogen-bond acceptors (Lipinski definition) is 3. The lowest BCUT2D eigenvalue weighted by molar-refractivity contribution is 0.0707. The molecule has 2 heterocycles. The number of amides is 1. The second-order valence-electron chi connectivity index (χ2n) is 4.80. The highest BCUT2D eigenvalue weighted by atomic mass is 16.7. The van der Waals surface area contributed by atoms with Crippen LogP contribution >= 0.6 is 0 Å². The molecule has 2 aliphatic rings. The van der Waals surface area contributed by atoms with E-state index in [4.69, 9.17) is 15.9 Å². The number of nitrogens with zero attached hydrogens (tertiary/aromatic N) is 1. The third-order valence-corrected chi connectivity index (χ3v) is 3.64. The van der Waals surface area contributed by atoms with E-state index in [2.05, 4.69) is 5.92 Å². The standard InChI is InChI=1S/C15H15NO3/c1-2-11-5-7-16(8-6-11)15(17)12-3-4-13-14(9-12)19-10-18-13/h1,3-4,9,11H,5-8,10H2. The maximum absolute atomic E-state index is 12.4. The van der Waals surface area contributed by atoms with Crippen molar-refractivity contribution < 1.29 is 14.3 Å². The molecule has 0 bridgehead atoms. The Kier molecular flexibility index (Phi) is 3.04. The van der Waals surface area contributed by atoms with Crippen molar-refractivity contribution in [3.8, 4) is 23.8 Å². The first-order valence-corrected chi connectivity index (χ1v) is 6.43. The van der Waals surface area contributed by atoms with Gasteiger partial charge in [-0.1, -0.05) is 0 Å². The van der Waals surface area contributed by atoms with Crippen molar-refractivity contribution >= 4 is 5.91 Å². The molecular formula is C15H15NO3. The third kappa shape index (κ3) is 2.24. The summed E-state index contributed by atoms with van der Waals surface area (Å²) in [7, 11) is 0. The van der Waals surface area contributed by atoms with Gasteiger partial charge in [-0.15, -0.1) is 12.3 Å². The zero-order chi connectivity index (χ0) is 13.2. The minimum absolute atomic E-state index is 0.0359. The SMILES string of the molecule is C#CC1CCN(C(=O)c2ccc3c(c2)OCO3)CC1. The van der Waals surface area contributed by atoms with Gasteiger partial charge >= 0.3 is 0 Å². The fourth-order valence-electron chi connectivity index (χ4n) is 2.46. The summed E-state index contributed by atoms with van der Waals surface area (Å²) in [6.07, 6.45) is 7.18. The Labute approximate surface area is 112 Å². The van der Waals surface area contributed by atoms with Gasteiger partial charge in [0.15, 0.2) is 11.5 Å². The van der Waals surface area contributed by atoms with E-state index in [0.29, 0.717) is 23.0 Å². The fraction of sp³-hybridized carbons (Fsp3) is 0.400. The maximum Gasteiger partial charge on any atom is 0.253 e. The molecule has 0 aromatic heterocycles. The Morgan fingerprint density at radius 3 is 2.74 bits per heavy atom. The molecule has 98 valence electrons. The second-order valence-corrected chi connectivity index (χ2v) is 4.80. The molecule has 2 aliphatic heterocycles. The van der Waals surface area contributed by atoms with Crippen molar-refractivity contribution in [2.45, 2.75) is 12.8 Å². The number of ether oxygens (including phenoxy) is 2. The minimum Gasteiger partial charge on any atom is -0.454 e. The predicted molar refractivity (Wildman–Crippen MR) is 70.0 cm³/mol. The van der Waals surface area contributed by atoms with Gasteiger partial charge in [0.1, 0.15) is 0 Å². The number of terminal acetylenes is 1. The summed E-state index contributed by atoms with van der Waals surface area (Å²) in [5.41, 5.74) is 0.642. The normalized spacial score (nSPS) is 18.2. The van der Waals surface area contributed by atoms with Crippen LogP contribution in [-0.2, 0) is 0 Å². The molecule has 0 saturated carbocycles. The Balaban J connectivity index is 1.73. The van der Waals surface area contributed by atoms with E-state index < -0.39 is 0 Å². The van der Waals surface area contributed by atoms with Gasteiger partial charge in [-0.05, 0) is 31.0 Å². The molecule has 0 spiro atoms. The molecule has 0 unspecified atom stereocenters. The van der Waals surface area contributed by atoms with Gasteiger partial charge in [0.05, 0.1) is 0 Å². The zero-order valence-electron chi connectivity index (χ0n) is 10.6. The van der Waals surface area contributed by atoms with Crippen molar-refractivity contribution in [1.29, 1.82) is 0 Å². The smallest absolute Gasteiger partial charge is 0.253 e. The van der Waals surface area contributed by atoms with Crippen molar-refractivity contribution in [1.82, 2.24) is 4.90 Å². The first-order chi connectivity index (χ1) is 9.28. The van der Waals surface area contributed by atoms with E-state index in [-0.39, 0.29) is 12.7 Å². The monoisotopic (exact) mass is 257 g/mol. The topological polar surface area (TPSA) is 38.8 Å². The van der Waals surface area contributed by atoms with Crippen LogP contribution in [0.25, 0.3) is 0 Å². The predicted octanol–water partition coefficient (Wildman–Crippen LogP) is 1.90. The lowest BCUT2D eigenvalue weighted by atomic mass is 9.97. The highest BCUT2D eigenvalue weighted by molar-refractivity contribution is 5.95. The summed E-state index contributed by atoms with van der Waals surface area (Å²) in [5.74, 6) is 4.44. The molecular weight excluding hydrogens is 242 g/mol. The van der Waals surface area contributed by atoms with Crippen LogP contribution in [-0.4, -0.2) is 30.7 Å². The molecule has 4 heteroatoms. The Hall–Kier alpha value is -2.15. The molecule has 19 heavy (non-hydrogen) atoms. The van der Waals surface area contributed by atoms with E-state index in [1.807, 2.05) is 4.90 Å². The molecule has 1 aromatic rings. The first kappa shape index (κ1) is 11.9. The summed E-state index contributed by atoms with van der Waals surface area (Å²) in [6.45, 7) is 1.67. The number of benzene rings is 1. The average Bonchev–Trinajstić information content (AvgIpc) is 2.94. The number of fused-ring (bicyclic) bond motifs is 1. The van der Waals surface area contributed by atoms with Crippen molar-refractivity contribution in [3.63, 3.8) is 0 Å². The van der Waals surface area contributed by atoms with E-state index >= 15 is 0 Å². The molecule has 1 amide bonds. The number of piperidine rings is 1. The van der Waals surface area contributed by atoms with Gasteiger partial charge in [-0.3, -0.25) is 4.79 Å². The molecule has 0 atom stereocenters. The summed E-state index contributed by atoms with van der Waals surface area (Å²) in [5, 5.41) is 0. The highest BCUT2D eigenvalue weighted by Crippen LogP contribution is 2.33. The Morgan fingerprint density at radius 2 is 2.00 bits per heavy atom. The molecule has 0 aliphatic carbocycles. The highest BCUT2D eigenvalue weighted by Gasteiger charge is 2.24. The van der Waals surface area contributed by atoms with Gasteiger partial charge in [0, 0.05) is 24.6 Å². The second kappa shape index (κ2) is 4.85. The largest absolute Gasteiger partial charge is 0.454 e. The average molecular weight is 257 g/mol. The van der Waals surface area contributed by atoms with Crippen LogP contribution in [0.2, 0.25) is 0 Å². The van der Waals surface area contributed by atoms with Gasteiger partial charge in [0.25, 0.3) is 5.91 Å². The van der Waals surface area contributed by atoms with Crippen LogP contribution in [0, 0.1) is 18.3 Å². The third-order valence-electron chi connectivity index (χ3n) is 3.64. The van der Waals surface area contributed by atoms with Crippen LogP contribution in [0.3, 0.4) is 0 Å². The fourth-order valence-corrected chi connectivity index (χ4v) is 2.46. The number of rotatable bonds is 1. The molecule has 0 N–H and O–H groups in total. The van der Waals surface area contributed by atoms with Crippen molar-refractivity contribution in [2.75, 3.05) is 19.9 Å². The minimum atomic E-state index is 0.0359. The number of likely N-dealkylation sites (tertiary alicyclic amines) is 1. The quantitative estimate of drug-likeness (QED) is 0.721. The molecule has 3 rings (SSSR count). The van der Waals surface area contributed by atoms with E-state index in [9.17, 15) is 4.79 Å². The van der Waals surface area contributed by atoms with Gasteiger partial charge in [-0.25, -0.2) is 0 Å². The van der Waals surface area contributed by atoms with Crippen molar-refractivity contribution in [2.24, 2.45) is 5.92 Å². The summed E-state index contributed by atoms with van der Waals surface area (Å²) in [4.78, 5) is 14.2.